The van der Waals surface area contributed by atoms with E-state index in [1.807, 2.05) is 48.5 Å². The van der Waals surface area contributed by atoms with Gasteiger partial charge in [-0.25, -0.2) is 0 Å². The molecule has 0 atom stereocenters. The lowest BCUT2D eigenvalue weighted by Gasteiger charge is -2.13. The lowest BCUT2D eigenvalue weighted by atomic mass is 10.2. The Labute approximate surface area is 154 Å². The normalized spacial score (nSPS) is 10.8. The van der Waals surface area contributed by atoms with Crippen molar-refractivity contribution < 1.29 is 0 Å². The summed E-state index contributed by atoms with van der Waals surface area (Å²) in [7, 11) is 0. The smallest absolute Gasteiger partial charge is 0.171 e. The van der Waals surface area contributed by atoms with Crippen molar-refractivity contribution in [1.29, 1.82) is 5.26 Å². The molecule has 0 fully saturated rings. The number of hydrogen-bond donors (Lipinski definition) is 2. The van der Waals surface area contributed by atoms with Crippen LogP contribution in [0.25, 0.3) is 0 Å². The van der Waals surface area contributed by atoms with Crippen LogP contribution in [0.4, 0.5) is 0 Å². The number of amidine groups is 1. The molecular formula is C20H22N4S. The Morgan fingerprint density at radius 1 is 1.00 bits per heavy atom. The van der Waals surface area contributed by atoms with Gasteiger partial charge in [0.2, 0.25) is 0 Å². The zero-order valence-corrected chi connectivity index (χ0v) is 14.9. The van der Waals surface area contributed by atoms with Crippen molar-refractivity contribution in [2.24, 2.45) is 4.99 Å². The van der Waals surface area contributed by atoms with Crippen LogP contribution in [0.3, 0.4) is 0 Å². The quantitative estimate of drug-likeness (QED) is 0.345. The maximum Gasteiger partial charge on any atom is 0.171 e. The molecule has 2 aromatic carbocycles. The first-order valence-corrected chi connectivity index (χ1v) is 8.76. The Bertz CT molecular complexity index is 720. The maximum absolute atomic E-state index is 8.55. The number of aliphatic imine (C=N–C) groups is 1. The number of benzene rings is 2. The summed E-state index contributed by atoms with van der Waals surface area (Å²) < 4.78 is 0. The highest BCUT2D eigenvalue weighted by molar-refractivity contribution is 7.80. The molecule has 0 bridgehead atoms. The number of thiocarbonyl (C=S) groups is 1. The van der Waals surface area contributed by atoms with E-state index in [0.717, 1.165) is 36.3 Å². The van der Waals surface area contributed by atoms with Crippen LogP contribution >= 0.6 is 12.2 Å². The van der Waals surface area contributed by atoms with Gasteiger partial charge in [0.25, 0.3) is 0 Å². The first-order chi connectivity index (χ1) is 12.3. The van der Waals surface area contributed by atoms with E-state index >= 15 is 0 Å². The predicted molar refractivity (Wildman–Crippen MR) is 106 cm³/mol. The molecular weight excluding hydrogens is 328 g/mol. The van der Waals surface area contributed by atoms with Gasteiger partial charge in [-0.1, -0.05) is 60.7 Å². The van der Waals surface area contributed by atoms with Crippen LogP contribution in [0.15, 0.2) is 65.7 Å². The van der Waals surface area contributed by atoms with Gasteiger partial charge < -0.3 is 10.6 Å². The Morgan fingerprint density at radius 2 is 1.68 bits per heavy atom. The minimum atomic E-state index is 0.549. The highest BCUT2D eigenvalue weighted by atomic mass is 32.1. The molecule has 0 heterocycles. The highest BCUT2D eigenvalue weighted by Gasteiger charge is 2.05. The Kier molecular flexibility index (Phi) is 8.16. The zero-order chi connectivity index (χ0) is 17.7. The number of nitrogens with zero attached hydrogens (tertiary/aromatic N) is 2. The lowest BCUT2D eigenvalue weighted by Crippen LogP contribution is -2.40. The van der Waals surface area contributed by atoms with E-state index in [-0.39, 0.29) is 0 Å². The van der Waals surface area contributed by atoms with Gasteiger partial charge in [-0.15, -0.1) is 0 Å². The molecule has 2 aromatic rings. The van der Waals surface area contributed by atoms with Gasteiger partial charge in [-0.2, -0.15) is 5.26 Å². The number of unbranched alkanes of at least 4 members (excludes halogenated alkanes) is 2. The summed E-state index contributed by atoms with van der Waals surface area (Å²) in [6, 6.07) is 22.2. The summed E-state index contributed by atoms with van der Waals surface area (Å²) in [6.07, 6.45) is 2.37. The van der Waals surface area contributed by atoms with Gasteiger partial charge in [-0.05, 0) is 30.6 Å². The van der Waals surface area contributed by atoms with Gasteiger partial charge in [0, 0.05) is 18.5 Å². The van der Waals surface area contributed by atoms with Gasteiger partial charge in [0.1, 0.15) is 5.84 Å². The maximum atomic E-state index is 8.55. The van der Waals surface area contributed by atoms with Crippen LogP contribution in [-0.2, 0) is 6.54 Å². The van der Waals surface area contributed by atoms with Gasteiger partial charge >= 0.3 is 0 Å². The molecule has 0 saturated carbocycles. The fraction of sp³-hybridized carbons (Fsp3) is 0.250. The molecule has 25 heavy (non-hydrogen) atoms. The van der Waals surface area contributed by atoms with E-state index < -0.39 is 0 Å². The average molecular weight is 350 g/mol. The van der Waals surface area contributed by atoms with Crippen LogP contribution in [-0.4, -0.2) is 17.5 Å². The van der Waals surface area contributed by atoms with Crippen molar-refractivity contribution in [2.45, 2.75) is 25.8 Å². The molecule has 0 aromatic heterocycles. The van der Waals surface area contributed by atoms with Crippen molar-refractivity contribution in [2.75, 3.05) is 6.54 Å². The second-order valence-corrected chi connectivity index (χ2v) is 5.92. The largest absolute Gasteiger partial charge is 0.362 e. The van der Waals surface area contributed by atoms with E-state index in [1.54, 1.807) is 0 Å². The number of rotatable bonds is 7. The first-order valence-electron chi connectivity index (χ1n) is 8.35. The minimum Gasteiger partial charge on any atom is -0.362 e. The van der Waals surface area contributed by atoms with Crippen LogP contribution in [0, 0.1) is 11.3 Å². The molecule has 0 aliphatic heterocycles. The number of hydrogen-bond acceptors (Lipinski definition) is 3. The molecule has 0 amide bonds. The number of nitrogens with one attached hydrogen (secondary N) is 2. The highest BCUT2D eigenvalue weighted by Crippen LogP contribution is 2.04. The molecule has 0 aliphatic rings. The Hall–Kier alpha value is -2.71. The lowest BCUT2D eigenvalue weighted by molar-refractivity contribution is 0.722. The molecule has 2 N–H and O–H groups in total. The van der Waals surface area contributed by atoms with E-state index in [4.69, 9.17) is 22.5 Å². The monoisotopic (exact) mass is 350 g/mol. The second-order valence-electron chi connectivity index (χ2n) is 5.51. The SMILES string of the molecule is N#CCCCCNC(=S)NC(=NCc1ccccc1)c1ccccc1. The summed E-state index contributed by atoms with van der Waals surface area (Å²) in [5, 5.41) is 15.5. The third kappa shape index (κ3) is 7.15. The Balaban J connectivity index is 1.98. The van der Waals surface area contributed by atoms with Crippen LogP contribution in [0.2, 0.25) is 0 Å². The molecule has 0 aliphatic carbocycles. The van der Waals surface area contributed by atoms with Crippen LogP contribution in [0.1, 0.15) is 30.4 Å². The summed E-state index contributed by atoms with van der Waals surface area (Å²) in [6.45, 7) is 1.33. The zero-order valence-electron chi connectivity index (χ0n) is 14.1. The summed E-state index contributed by atoms with van der Waals surface area (Å²) in [5.41, 5.74) is 2.14. The summed E-state index contributed by atoms with van der Waals surface area (Å²) >= 11 is 5.37. The van der Waals surface area contributed by atoms with Gasteiger partial charge in [0.05, 0.1) is 12.6 Å². The third-order valence-electron chi connectivity index (χ3n) is 3.54. The molecule has 5 heteroatoms. The fourth-order valence-electron chi connectivity index (χ4n) is 2.24. The molecule has 0 unspecified atom stereocenters. The van der Waals surface area contributed by atoms with Gasteiger partial charge in [0.15, 0.2) is 5.11 Å². The van der Waals surface area contributed by atoms with Crippen molar-refractivity contribution in [3.05, 3.63) is 71.8 Å². The van der Waals surface area contributed by atoms with Crippen LogP contribution < -0.4 is 10.6 Å². The van der Waals surface area contributed by atoms with Crippen molar-refractivity contribution in [3.8, 4) is 6.07 Å². The fourth-order valence-corrected chi connectivity index (χ4v) is 2.43. The first kappa shape index (κ1) is 18.6. The topological polar surface area (TPSA) is 60.2 Å². The minimum absolute atomic E-state index is 0.549. The number of nitriles is 1. The predicted octanol–water partition coefficient (Wildman–Crippen LogP) is 3.79. The van der Waals surface area contributed by atoms with Crippen molar-refractivity contribution in [3.63, 3.8) is 0 Å². The second kappa shape index (κ2) is 11.0. The van der Waals surface area contributed by atoms with Crippen LogP contribution in [0.5, 0.6) is 0 Å². The molecule has 0 spiro atoms. The molecule has 128 valence electrons. The van der Waals surface area contributed by atoms with E-state index in [2.05, 4.69) is 28.8 Å². The molecule has 4 nitrogen and oxygen atoms in total. The van der Waals surface area contributed by atoms with E-state index in [1.165, 1.54) is 0 Å². The average Bonchev–Trinajstić information content (AvgIpc) is 2.66. The molecule has 2 rings (SSSR count). The van der Waals surface area contributed by atoms with E-state index in [0.29, 0.717) is 18.1 Å². The summed E-state index contributed by atoms with van der Waals surface area (Å²) in [4.78, 5) is 4.70. The third-order valence-corrected chi connectivity index (χ3v) is 3.79. The van der Waals surface area contributed by atoms with Crippen molar-refractivity contribution >= 4 is 23.2 Å². The summed E-state index contributed by atoms with van der Waals surface area (Å²) in [5.74, 6) is 0.749. The standard InChI is InChI=1S/C20H22N4S/c21-14-8-3-9-15-22-20(25)24-19(18-12-6-2-7-13-18)23-16-17-10-4-1-5-11-17/h1-2,4-7,10-13H,3,8-9,15-16H2,(H2,22,23,24,25). The molecule has 0 radical (unpaired) electrons. The van der Waals surface area contributed by atoms with Crippen molar-refractivity contribution in [1.82, 2.24) is 10.6 Å². The van der Waals surface area contributed by atoms with E-state index in [9.17, 15) is 0 Å². The Morgan fingerprint density at radius 3 is 2.36 bits per heavy atom. The van der Waals surface area contributed by atoms with Gasteiger partial charge in [-0.3, -0.25) is 4.99 Å². The molecule has 0 saturated heterocycles.